The van der Waals surface area contributed by atoms with Crippen molar-refractivity contribution in [2.75, 3.05) is 13.2 Å². The van der Waals surface area contributed by atoms with Crippen LogP contribution in [0, 0.1) is 6.92 Å². The molecule has 6 nitrogen and oxygen atoms in total. The minimum absolute atomic E-state index is 0.209. The first-order valence-corrected chi connectivity index (χ1v) is 5.17. The molecule has 16 heavy (non-hydrogen) atoms. The van der Waals surface area contributed by atoms with E-state index in [1.807, 2.05) is 6.92 Å². The Morgan fingerprint density at radius 2 is 2.56 bits per heavy atom. The summed E-state index contributed by atoms with van der Waals surface area (Å²) in [6.07, 6.45) is 0.550. The van der Waals surface area contributed by atoms with Gasteiger partial charge in [0.15, 0.2) is 5.76 Å². The highest BCUT2D eigenvalue weighted by atomic mass is 16.5. The molecule has 3 N–H and O–H groups in total. The van der Waals surface area contributed by atoms with Crippen LogP contribution in [0.1, 0.15) is 17.9 Å². The van der Waals surface area contributed by atoms with E-state index >= 15 is 0 Å². The van der Waals surface area contributed by atoms with Crippen LogP contribution in [-0.4, -0.2) is 29.8 Å². The molecule has 1 unspecified atom stereocenters. The number of hydrogen-bond donors (Lipinski definition) is 2. The summed E-state index contributed by atoms with van der Waals surface area (Å²) >= 11 is 0. The lowest BCUT2D eigenvalue weighted by Gasteiger charge is -2.19. The van der Waals surface area contributed by atoms with Crippen LogP contribution >= 0.6 is 0 Å². The molecular formula is C10H15N3O3. The fourth-order valence-corrected chi connectivity index (χ4v) is 1.60. The molecule has 1 aromatic rings. The Morgan fingerprint density at radius 1 is 1.75 bits per heavy atom. The van der Waals surface area contributed by atoms with E-state index in [-0.39, 0.29) is 12.5 Å². The van der Waals surface area contributed by atoms with Gasteiger partial charge in [0, 0.05) is 12.7 Å². The first-order valence-electron chi connectivity index (χ1n) is 5.17. The number of carbonyl (C=O) groups excluding carboxylic acids is 1. The summed E-state index contributed by atoms with van der Waals surface area (Å²) in [5.74, 6) is 0.410. The summed E-state index contributed by atoms with van der Waals surface area (Å²) in [5, 5.41) is 6.44. The third kappa shape index (κ3) is 2.23. The fourth-order valence-electron chi connectivity index (χ4n) is 1.60. The zero-order valence-corrected chi connectivity index (χ0v) is 9.16. The van der Waals surface area contributed by atoms with Crippen molar-refractivity contribution < 1.29 is 14.1 Å². The highest BCUT2D eigenvalue weighted by molar-refractivity contribution is 5.86. The SMILES string of the molecule is Cc1cc(CNC(=O)C2(N)CCOC2)on1. The van der Waals surface area contributed by atoms with Gasteiger partial charge in [0.1, 0.15) is 5.54 Å². The van der Waals surface area contributed by atoms with Gasteiger partial charge in [-0.2, -0.15) is 0 Å². The summed E-state index contributed by atoms with van der Waals surface area (Å²) in [7, 11) is 0. The number of amides is 1. The molecule has 1 atom stereocenters. The zero-order valence-electron chi connectivity index (χ0n) is 9.16. The zero-order chi connectivity index (χ0) is 11.6. The number of aromatic nitrogens is 1. The summed E-state index contributed by atoms with van der Waals surface area (Å²) in [4.78, 5) is 11.8. The minimum atomic E-state index is -0.894. The highest BCUT2D eigenvalue weighted by Gasteiger charge is 2.38. The van der Waals surface area contributed by atoms with Gasteiger partial charge in [0.2, 0.25) is 5.91 Å². The molecule has 1 aliphatic rings. The van der Waals surface area contributed by atoms with E-state index in [4.69, 9.17) is 15.0 Å². The Labute approximate surface area is 93.1 Å². The molecule has 6 heteroatoms. The molecule has 0 aromatic carbocycles. The predicted octanol–water partition coefficient (Wildman–Crippen LogP) is -0.283. The van der Waals surface area contributed by atoms with E-state index in [2.05, 4.69) is 10.5 Å². The molecule has 0 spiro atoms. The second-order valence-corrected chi connectivity index (χ2v) is 4.08. The molecule has 1 amide bonds. The smallest absolute Gasteiger partial charge is 0.242 e. The van der Waals surface area contributed by atoms with Gasteiger partial charge >= 0.3 is 0 Å². The molecule has 0 radical (unpaired) electrons. The molecule has 88 valence electrons. The molecule has 1 fully saturated rings. The Bertz CT molecular complexity index is 382. The fraction of sp³-hybridized carbons (Fsp3) is 0.600. The Kier molecular flexibility index (Phi) is 2.93. The van der Waals surface area contributed by atoms with Gasteiger partial charge in [-0.3, -0.25) is 4.79 Å². The molecule has 2 heterocycles. The second-order valence-electron chi connectivity index (χ2n) is 4.08. The van der Waals surface area contributed by atoms with Crippen LogP contribution in [0.25, 0.3) is 0 Å². The maximum absolute atomic E-state index is 11.8. The average molecular weight is 225 g/mol. The monoisotopic (exact) mass is 225 g/mol. The van der Waals surface area contributed by atoms with Gasteiger partial charge in [0.25, 0.3) is 0 Å². The second kappa shape index (κ2) is 4.23. The van der Waals surface area contributed by atoms with Crippen LogP contribution in [0.2, 0.25) is 0 Å². The minimum Gasteiger partial charge on any atom is -0.379 e. The molecule has 1 aliphatic heterocycles. The van der Waals surface area contributed by atoms with E-state index < -0.39 is 5.54 Å². The van der Waals surface area contributed by atoms with Crippen molar-refractivity contribution in [2.24, 2.45) is 5.73 Å². The van der Waals surface area contributed by atoms with E-state index in [9.17, 15) is 4.79 Å². The summed E-state index contributed by atoms with van der Waals surface area (Å²) < 4.78 is 10.1. The quantitative estimate of drug-likeness (QED) is 0.738. The lowest BCUT2D eigenvalue weighted by molar-refractivity contribution is -0.126. The summed E-state index contributed by atoms with van der Waals surface area (Å²) in [5.41, 5.74) is 5.78. The topological polar surface area (TPSA) is 90.4 Å². The largest absolute Gasteiger partial charge is 0.379 e. The molecule has 1 aromatic heterocycles. The Morgan fingerprint density at radius 3 is 3.12 bits per heavy atom. The average Bonchev–Trinajstić information content (AvgIpc) is 2.85. The van der Waals surface area contributed by atoms with E-state index in [1.165, 1.54) is 0 Å². The van der Waals surface area contributed by atoms with Crippen molar-refractivity contribution in [2.45, 2.75) is 25.4 Å². The Balaban J connectivity index is 1.88. The third-order valence-corrected chi connectivity index (χ3v) is 2.60. The van der Waals surface area contributed by atoms with Crippen LogP contribution in [-0.2, 0) is 16.1 Å². The van der Waals surface area contributed by atoms with Crippen LogP contribution < -0.4 is 11.1 Å². The number of carbonyl (C=O) groups is 1. The normalized spacial score (nSPS) is 24.6. The van der Waals surface area contributed by atoms with Gasteiger partial charge in [-0.05, 0) is 13.3 Å². The first kappa shape index (κ1) is 11.1. The van der Waals surface area contributed by atoms with Crippen LogP contribution in [0.4, 0.5) is 0 Å². The number of nitrogens with one attached hydrogen (secondary N) is 1. The molecule has 1 saturated heterocycles. The standard InChI is InChI=1S/C10H15N3O3/c1-7-4-8(16-13-7)5-12-9(14)10(11)2-3-15-6-10/h4H,2-3,5-6,11H2,1H3,(H,12,14). The maximum Gasteiger partial charge on any atom is 0.242 e. The van der Waals surface area contributed by atoms with Crippen molar-refractivity contribution in [1.29, 1.82) is 0 Å². The number of ether oxygens (including phenoxy) is 1. The predicted molar refractivity (Wildman–Crippen MR) is 55.4 cm³/mol. The van der Waals surface area contributed by atoms with Gasteiger partial charge in [0.05, 0.1) is 18.8 Å². The molecule has 0 aliphatic carbocycles. The van der Waals surface area contributed by atoms with Gasteiger partial charge < -0.3 is 20.3 Å². The molecule has 0 saturated carbocycles. The van der Waals surface area contributed by atoms with Crippen molar-refractivity contribution in [3.05, 3.63) is 17.5 Å². The number of nitrogens with two attached hydrogens (primary N) is 1. The lowest BCUT2D eigenvalue weighted by Crippen LogP contribution is -2.54. The number of nitrogens with zero attached hydrogens (tertiary/aromatic N) is 1. The Hall–Kier alpha value is -1.40. The van der Waals surface area contributed by atoms with E-state index in [1.54, 1.807) is 6.07 Å². The number of hydrogen-bond acceptors (Lipinski definition) is 5. The summed E-state index contributed by atoms with van der Waals surface area (Å²) in [6.45, 7) is 2.93. The third-order valence-electron chi connectivity index (χ3n) is 2.60. The van der Waals surface area contributed by atoms with Crippen molar-refractivity contribution in [3.63, 3.8) is 0 Å². The van der Waals surface area contributed by atoms with E-state index in [0.29, 0.717) is 25.3 Å². The van der Waals surface area contributed by atoms with Crippen LogP contribution in [0.15, 0.2) is 10.6 Å². The summed E-state index contributed by atoms with van der Waals surface area (Å²) in [6, 6.07) is 1.77. The van der Waals surface area contributed by atoms with Crippen LogP contribution in [0.3, 0.4) is 0 Å². The number of rotatable bonds is 3. The number of aryl methyl sites for hydroxylation is 1. The van der Waals surface area contributed by atoms with Crippen LogP contribution in [0.5, 0.6) is 0 Å². The van der Waals surface area contributed by atoms with Gasteiger partial charge in [-0.25, -0.2) is 0 Å². The lowest BCUT2D eigenvalue weighted by atomic mass is 9.99. The molecule has 2 rings (SSSR count). The highest BCUT2D eigenvalue weighted by Crippen LogP contribution is 2.15. The van der Waals surface area contributed by atoms with Crippen molar-refractivity contribution in [3.8, 4) is 0 Å². The molecular weight excluding hydrogens is 210 g/mol. The van der Waals surface area contributed by atoms with Gasteiger partial charge in [-0.1, -0.05) is 5.16 Å². The molecule has 0 bridgehead atoms. The van der Waals surface area contributed by atoms with Crippen molar-refractivity contribution >= 4 is 5.91 Å². The van der Waals surface area contributed by atoms with E-state index in [0.717, 1.165) is 5.69 Å². The van der Waals surface area contributed by atoms with Gasteiger partial charge in [-0.15, -0.1) is 0 Å². The van der Waals surface area contributed by atoms with Crippen molar-refractivity contribution in [1.82, 2.24) is 10.5 Å². The maximum atomic E-state index is 11.8. The first-order chi connectivity index (χ1) is 7.60.